The van der Waals surface area contributed by atoms with Crippen molar-refractivity contribution in [3.8, 4) is 5.75 Å². The van der Waals surface area contributed by atoms with Crippen LogP contribution in [0.4, 0.5) is 11.5 Å². The van der Waals surface area contributed by atoms with Crippen LogP contribution in [0.1, 0.15) is 19.2 Å². The van der Waals surface area contributed by atoms with E-state index in [0.717, 1.165) is 6.42 Å². The highest BCUT2D eigenvalue weighted by molar-refractivity contribution is 5.43. The molecule has 6 nitrogen and oxygen atoms in total. The molecule has 0 amide bonds. The number of H-pyrrole nitrogens is 1. The third-order valence-corrected chi connectivity index (χ3v) is 2.43. The lowest BCUT2D eigenvalue weighted by molar-refractivity contribution is 0.463. The van der Waals surface area contributed by atoms with Crippen LogP contribution in [0.3, 0.4) is 0 Å². The third-order valence-electron chi connectivity index (χ3n) is 2.43. The van der Waals surface area contributed by atoms with Crippen molar-refractivity contribution >= 4 is 11.5 Å². The van der Waals surface area contributed by atoms with E-state index in [9.17, 15) is 9.90 Å². The number of nitrogens with zero attached hydrogens (tertiary/aromatic N) is 3. The molecular weight excluding hydrogens is 244 g/mol. The topological polar surface area (TPSA) is 90.7 Å². The van der Waals surface area contributed by atoms with Crippen molar-refractivity contribution < 1.29 is 5.11 Å². The normalized spacial score (nSPS) is 11.0. The molecular formula is C13H14N4O2. The number of benzene rings is 1. The van der Waals surface area contributed by atoms with E-state index in [2.05, 4.69) is 20.2 Å². The molecule has 6 heteroatoms. The van der Waals surface area contributed by atoms with Crippen LogP contribution in [0.15, 0.2) is 45.4 Å². The van der Waals surface area contributed by atoms with Crippen LogP contribution in [-0.4, -0.2) is 15.1 Å². The van der Waals surface area contributed by atoms with Gasteiger partial charge in [0.05, 0.1) is 5.69 Å². The van der Waals surface area contributed by atoms with Crippen LogP contribution in [0.2, 0.25) is 0 Å². The second kappa shape index (κ2) is 5.90. The van der Waals surface area contributed by atoms with Crippen molar-refractivity contribution in [2.24, 2.45) is 10.2 Å². The first-order valence-electron chi connectivity index (χ1n) is 5.99. The first-order valence-corrected chi connectivity index (χ1v) is 5.99. The van der Waals surface area contributed by atoms with E-state index in [-0.39, 0.29) is 5.82 Å². The van der Waals surface area contributed by atoms with Crippen molar-refractivity contribution in [1.82, 2.24) is 9.97 Å². The van der Waals surface area contributed by atoms with E-state index in [4.69, 9.17) is 0 Å². The van der Waals surface area contributed by atoms with Gasteiger partial charge in [-0.15, -0.1) is 10.2 Å². The molecule has 0 spiro atoms. The molecule has 1 heterocycles. The number of rotatable bonds is 4. The number of hydrogen-bond acceptors (Lipinski definition) is 5. The minimum atomic E-state index is -0.597. The number of aryl methyl sites for hydroxylation is 1. The summed E-state index contributed by atoms with van der Waals surface area (Å²) in [5, 5.41) is 17.4. The number of azo groups is 1. The van der Waals surface area contributed by atoms with Gasteiger partial charge in [-0.05, 0) is 18.6 Å². The van der Waals surface area contributed by atoms with Crippen LogP contribution in [0, 0.1) is 0 Å². The Labute approximate surface area is 109 Å². The van der Waals surface area contributed by atoms with Crippen LogP contribution in [-0.2, 0) is 6.42 Å². The third kappa shape index (κ3) is 3.25. The van der Waals surface area contributed by atoms with Gasteiger partial charge < -0.3 is 10.1 Å². The van der Waals surface area contributed by atoms with E-state index in [1.54, 1.807) is 12.1 Å². The van der Waals surface area contributed by atoms with Crippen LogP contribution < -0.4 is 5.56 Å². The number of hydrogen-bond donors (Lipinski definition) is 2. The lowest BCUT2D eigenvalue weighted by Gasteiger charge is -2.00. The van der Waals surface area contributed by atoms with E-state index >= 15 is 0 Å². The molecule has 0 saturated carbocycles. The summed E-state index contributed by atoms with van der Waals surface area (Å²) in [6.45, 7) is 1.97. The number of aromatic amines is 1. The van der Waals surface area contributed by atoms with Gasteiger partial charge in [0.15, 0.2) is 0 Å². The van der Waals surface area contributed by atoms with Crippen LogP contribution >= 0.6 is 0 Å². The molecule has 0 atom stereocenters. The standard InChI is InChI=1S/C13H14N4O2/c1-2-6-10-14-12(11(18)13(19)15-10)17-16-9-7-4-3-5-8-9/h3-5,7-8,18H,2,6H2,1H3,(H,14,15,19). The summed E-state index contributed by atoms with van der Waals surface area (Å²) >= 11 is 0. The van der Waals surface area contributed by atoms with E-state index in [1.165, 1.54) is 0 Å². The van der Waals surface area contributed by atoms with Gasteiger partial charge in [-0.1, -0.05) is 25.1 Å². The zero-order valence-corrected chi connectivity index (χ0v) is 10.5. The zero-order valence-electron chi connectivity index (χ0n) is 10.5. The van der Waals surface area contributed by atoms with Crippen molar-refractivity contribution in [1.29, 1.82) is 0 Å². The Morgan fingerprint density at radius 1 is 1.26 bits per heavy atom. The summed E-state index contributed by atoms with van der Waals surface area (Å²) in [5.74, 6) is -0.0806. The molecule has 1 aromatic heterocycles. The van der Waals surface area contributed by atoms with Gasteiger partial charge in [-0.25, -0.2) is 4.98 Å². The first kappa shape index (κ1) is 12.9. The Morgan fingerprint density at radius 3 is 2.68 bits per heavy atom. The molecule has 0 aliphatic heterocycles. The predicted molar refractivity (Wildman–Crippen MR) is 71.1 cm³/mol. The molecule has 2 N–H and O–H groups in total. The fraction of sp³-hybridized carbons (Fsp3) is 0.231. The molecule has 98 valence electrons. The highest BCUT2D eigenvalue weighted by Gasteiger charge is 2.09. The number of nitrogens with one attached hydrogen (secondary N) is 1. The summed E-state index contributed by atoms with van der Waals surface area (Å²) in [6, 6.07) is 9.03. The Morgan fingerprint density at radius 2 is 2.00 bits per heavy atom. The van der Waals surface area contributed by atoms with Gasteiger partial charge in [-0.3, -0.25) is 4.79 Å². The Kier molecular flexibility index (Phi) is 4.02. The smallest absolute Gasteiger partial charge is 0.295 e. The summed E-state index contributed by atoms with van der Waals surface area (Å²) in [4.78, 5) is 18.1. The minimum Gasteiger partial charge on any atom is -0.500 e. The Hall–Kier alpha value is -2.50. The molecule has 19 heavy (non-hydrogen) atoms. The second-order valence-electron chi connectivity index (χ2n) is 3.97. The summed E-state index contributed by atoms with van der Waals surface area (Å²) in [7, 11) is 0. The monoisotopic (exact) mass is 258 g/mol. The van der Waals surface area contributed by atoms with Gasteiger partial charge in [0.1, 0.15) is 5.82 Å². The Balaban J connectivity index is 2.34. The number of aromatic hydroxyl groups is 1. The zero-order chi connectivity index (χ0) is 13.7. The van der Waals surface area contributed by atoms with Gasteiger partial charge in [-0.2, -0.15) is 0 Å². The average Bonchev–Trinajstić information content (AvgIpc) is 2.42. The molecule has 0 fully saturated rings. The van der Waals surface area contributed by atoms with Crippen molar-refractivity contribution in [2.75, 3.05) is 0 Å². The van der Waals surface area contributed by atoms with E-state index in [0.29, 0.717) is 17.9 Å². The molecule has 0 saturated heterocycles. The molecule has 0 unspecified atom stereocenters. The highest BCUT2D eigenvalue weighted by atomic mass is 16.3. The lowest BCUT2D eigenvalue weighted by atomic mass is 10.3. The lowest BCUT2D eigenvalue weighted by Crippen LogP contribution is -2.10. The molecule has 0 bridgehead atoms. The molecule has 0 aliphatic rings. The SMILES string of the molecule is CCCc1nc(N=Nc2ccccc2)c(O)c(=O)[nH]1. The quantitative estimate of drug-likeness (QED) is 0.826. The van der Waals surface area contributed by atoms with E-state index < -0.39 is 11.3 Å². The fourth-order valence-corrected chi connectivity index (χ4v) is 1.53. The van der Waals surface area contributed by atoms with Crippen molar-refractivity contribution in [2.45, 2.75) is 19.8 Å². The van der Waals surface area contributed by atoms with Crippen LogP contribution in [0.25, 0.3) is 0 Å². The molecule has 0 radical (unpaired) electrons. The molecule has 2 rings (SSSR count). The maximum absolute atomic E-state index is 11.5. The largest absolute Gasteiger partial charge is 0.500 e. The van der Waals surface area contributed by atoms with Crippen molar-refractivity contribution in [3.05, 3.63) is 46.5 Å². The molecule has 2 aromatic rings. The summed E-state index contributed by atoms with van der Waals surface area (Å²) in [6.07, 6.45) is 1.45. The maximum Gasteiger partial charge on any atom is 0.295 e. The number of aromatic nitrogens is 2. The molecule has 1 aromatic carbocycles. The van der Waals surface area contributed by atoms with E-state index in [1.807, 2.05) is 25.1 Å². The average molecular weight is 258 g/mol. The molecule has 0 aliphatic carbocycles. The van der Waals surface area contributed by atoms with Gasteiger partial charge in [0, 0.05) is 6.42 Å². The fourth-order valence-electron chi connectivity index (χ4n) is 1.53. The van der Waals surface area contributed by atoms with Gasteiger partial charge in [0.25, 0.3) is 5.56 Å². The van der Waals surface area contributed by atoms with Crippen LogP contribution in [0.5, 0.6) is 5.75 Å². The van der Waals surface area contributed by atoms with Gasteiger partial charge >= 0.3 is 0 Å². The summed E-state index contributed by atoms with van der Waals surface area (Å²) in [5.41, 5.74) is 0.0292. The predicted octanol–water partition coefficient (Wildman–Crippen LogP) is 2.84. The summed E-state index contributed by atoms with van der Waals surface area (Å²) < 4.78 is 0. The van der Waals surface area contributed by atoms with Gasteiger partial charge in [0.2, 0.25) is 11.6 Å². The second-order valence-corrected chi connectivity index (χ2v) is 3.97. The highest BCUT2D eigenvalue weighted by Crippen LogP contribution is 2.21. The van der Waals surface area contributed by atoms with Crippen molar-refractivity contribution in [3.63, 3.8) is 0 Å². The maximum atomic E-state index is 11.5. The first-order chi connectivity index (χ1) is 9.20. The Bertz CT molecular complexity index is 635. The minimum absolute atomic E-state index is 0.0592.